The van der Waals surface area contributed by atoms with Crippen LogP contribution in [0.25, 0.3) is 10.2 Å². The Morgan fingerprint density at radius 1 is 1.27 bits per heavy atom. The minimum atomic E-state index is 0.660. The number of nitrogens with zero attached hydrogens (tertiary/aromatic N) is 1. The Morgan fingerprint density at radius 3 is 2.73 bits per heavy atom. The molecule has 0 saturated carbocycles. The zero-order valence-corrected chi connectivity index (χ0v) is 10.2. The Balaban J connectivity index is 2.34. The molecule has 2 aromatic rings. The van der Waals surface area contributed by atoms with Crippen LogP contribution in [0.2, 0.25) is 0 Å². The van der Waals surface area contributed by atoms with Gasteiger partial charge in [-0.15, -0.1) is 11.3 Å². The van der Waals surface area contributed by atoms with Crippen LogP contribution in [0.5, 0.6) is 0 Å². The third-order valence-corrected chi connectivity index (χ3v) is 3.99. The van der Waals surface area contributed by atoms with Gasteiger partial charge in [0.05, 0.1) is 15.2 Å². The number of aromatic nitrogens is 1. The number of benzene rings is 1. The zero-order valence-electron chi connectivity index (χ0n) is 9.36. The van der Waals surface area contributed by atoms with E-state index in [1.807, 2.05) is 11.3 Å². The fraction of sp³-hybridized carbons (Fsp3) is 0.462. The lowest BCUT2D eigenvalue weighted by molar-refractivity contribution is 0.594. The van der Waals surface area contributed by atoms with Crippen LogP contribution >= 0.6 is 11.3 Å². The van der Waals surface area contributed by atoms with Gasteiger partial charge in [0.1, 0.15) is 0 Å². The van der Waals surface area contributed by atoms with Gasteiger partial charge < -0.3 is 0 Å². The Labute approximate surface area is 95.2 Å². The molecule has 15 heavy (non-hydrogen) atoms. The first-order chi connectivity index (χ1) is 7.35. The first-order valence-electron chi connectivity index (χ1n) is 5.70. The van der Waals surface area contributed by atoms with Crippen molar-refractivity contribution < 1.29 is 0 Å². The van der Waals surface area contributed by atoms with Crippen molar-refractivity contribution in [2.75, 3.05) is 0 Å². The topological polar surface area (TPSA) is 12.9 Å². The first-order valence-corrected chi connectivity index (χ1v) is 6.52. The summed E-state index contributed by atoms with van der Waals surface area (Å²) in [4.78, 5) is 4.72. The van der Waals surface area contributed by atoms with Gasteiger partial charge in [-0.3, -0.25) is 0 Å². The molecule has 1 heterocycles. The SMILES string of the molecule is CCCC(CC)c1nc2ccccc2s1. The van der Waals surface area contributed by atoms with Crippen LogP contribution in [0.4, 0.5) is 0 Å². The maximum Gasteiger partial charge on any atom is 0.0969 e. The molecule has 0 amide bonds. The van der Waals surface area contributed by atoms with Gasteiger partial charge in [-0.1, -0.05) is 32.4 Å². The molecule has 0 aliphatic carbocycles. The van der Waals surface area contributed by atoms with Gasteiger partial charge in [0.25, 0.3) is 0 Å². The van der Waals surface area contributed by atoms with Crippen LogP contribution in [-0.4, -0.2) is 4.98 Å². The molecule has 1 nitrogen and oxygen atoms in total. The summed E-state index contributed by atoms with van der Waals surface area (Å²) >= 11 is 1.86. The maximum absolute atomic E-state index is 4.72. The minimum Gasteiger partial charge on any atom is -0.241 e. The molecule has 0 radical (unpaired) electrons. The van der Waals surface area contributed by atoms with E-state index in [0.717, 1.165) is 5.52 Å². The summed E-state index contributed by atoms with van der Waals surface area (Å²) in [5, 5.41) is 1.32. The van der Waals surface area contributed by atoms with Crippen molar-refractivity contribution in [3.63, 3.8) is 0 Å². The van der Waals surface area contributed by atoms with Gasteiger partial charge in [0.15, 0.2) is 0 Å². The highest BCUT2D eigenvalue weighted by molar-refractivity contribution is 7.18. The average molecular weight is 219 g/mol. The van der Waals surface area contributed by atoms with Crippen molar-refractivity contribution in [2.24, 2.45) is 0 Å². The summed E-state index contributed by atoms with van der Waals surface area (Å²) in [6.07, 6.45) is 3.71. The van der Waals surface area contributed by atoms with Gasteiger partial charge >= 0.3 is 0 Å². The predicted molar refractivity (Wildman–Crippen MR) is 67.6 cm³/mol. The van der Waals surface area contributed by atoms with Crippen LogP contribution in [0.3, 0.4) is 0 Å². The highest BCUT2D eigenvalue weighted by atomic mass is 32.1. The summed E-state index contributed by atoms with van der Waals surface area (Å²) in [6, 6.07) is 8.42. The molecule has 0 aliphatic rings. The van der Waals surface area contributed by atoms with Crippen molar-refractivity contribution in [2.45, 2.75) is 39.0 Å². The van der Waals surface area contributed by atoms with E-state index in [0.29, 0.717) is 5.92 Å². The lowest BCUT2D eigenvalue weighted by atomic mass is 10.0. The normalized spacial score (nSPS) is 13.2. The van der Waals surface area contributed by atoms with E-state index in [2.05, 4.69) is 38.1 Å². The van der Waals surface area contributed by atoms with Gasteiger partial charge in [-0.05, 0) is 25.0 Å². The molecular weight excluding hydrogens is 202 g/mol. The summed E-state index contributed by atoms with van der Waals surface area (Å²) in [6.45, 7) is 4.50. The molecule has 0 spiro atoms. The van der Waals surface area contributed by atoms with E-state index in [1.165, 1.54) is 29.0 Å². The van der Waals surface area contributed by atoms with Crippen LogP contribution in [0, 0.1) is 0 Å². The number of hydrogen-bond acceptors (Lipinski definition) is 2. The standard InChI is InChI=1S/C13H17NS/c1-3-7-10(4-2)13-14-11-8-5-6-9-12(11)15-13/h5-6,8-10H,3-4,7H2,1-2H3. The second-order valence-electron chi connectivity index (χ2n) is 3.91. The van der Waals surface area contributed by atoms with E-state index < -0.39 is 0 Å². The quantitative estimate of drug-likeness (QED) is 0.733. The molecule has 0 N–H and O–H groups in total. The Hall–Kier alpha value is -0.890. The molecule has 1 aromatic heterocycles. The number of para-hydroxylation sites is 1. The van der Waals surface area contributed by atoms with Crippen LogP contribution in [0.1, 0.15) is 44.0 Å². The van der Waals surface area contributed by atoms with Gasteiger partial charge in [0, 0.05) is 5.92 Å². The average Bonchev–Trinajstić information content (AvgIpc) is 2.69. The number of rotatable bonds is 4. The van der Waals surface area contributed by atoms with Crippen molar-refractivity contribution in [3.05, 3.63) is 29.3 Å². The van der Waals surface area contributed by atoms with Crippen molar-refractivity contribution >= 4 is 21.6 Å². The highest BCUT2D eigenvalue weighted by Crippen LogP contribution is 2.31. The fourth-order valence-corrected chi connectivity index (χ4v) is 3.10. The lowest BCUT2D eigenvalue weighted by Crippen LogP contribution is -1.95. The molecule has 0 fully saturated rings. The second-order valence-corrected chi connectivity index (χ2v) is 4.98. The Bertz CT molecular complexity index is 400. The molecule has 0 saturated heterocycles. The van der Waals surface area contributed by atoms with Crippen molar-refractivity contribution in [1.29, 1.82) is 0 Å². The lowest BCUT2D eigenvalue weighted by Gasteiger charge is -2.08. The third kappa shape index (κ3) is 2.20. The van der Waals surface area contributed by atoms with E-state index in [4.69, 9.17) is 4.98 Å². The monoisotopic (exact) mass is 219 g/mol. The molecule has 80 valence electrons. The number of fused-ring (bicyclic) bond motifs is 1. The first kappa shape index (κ1) is 10.6. The van der Waals surface area contributed by atoms with Gasteiger partial charge in [-0.25, -0.2) is 4.98 Å². The molecule has 1 aromatic carbocycles. The van der Waals surface area contributed by atoms with E-state index >= 15 is 0 Å². The highest BCUT2D eigenvalue weighted by Gasteiger charge is 2.13. The van der Waals surface area contributed by atoms with Gasteiger partial charge in [0.2, 0.25) is 0 Å². The Morgan fingerprint density at radius 2 is 2.07 bits per heavy atom. The second kappa shape index (κ2) is 4.75. The molecule has 1 unspecified atom stereocenters. The van der Waals surface area contributed by atoms with Crippen molar-refractivity contribution in [1.82, 2.24) is 4.98 Å². The van der Waals surface area contributed by atoms with E-state index in [9.17, 15) is 0 Å². The molecule has 1 atom stereocenters. The third-order valence-electron chi connectivity index (χ3n) is 2.79. The molecule has 0 aliphatic heterocycles. The predicted octanol–water partition coefficient (Wildman–Crippen LogP) is 4.59. The summed E-state index contributed by atoms with van der Waals surface area (Å²) in [5.41, 5.74) is 1.16. The zero-order chi connectivity index (χ0) is 10.7. The summed E-state index contributed by atoms with van der Waals surface area (Å²) in [5.74, 6) is 0.660. The van der Waals surface area contributed by atoms with Gasteiger partial charge in [-0.2, -0.15) is 0 Å². The minimum absolute atomic E-state index is 0.660. The smallest absolute Gasteiger partial charge is 0.0969 e. The Kier molecular flexibility index (Phi) is 3.37. The van der Waals surface area contributed by atoms with Crippen LogP contribution < -0.4 is 0 Å². The fourth-order valence-electron chi connectivity index (χ4n) is 1.92. The van der Waals surface area contributed by atoms with Crippen LogP contribution in [-0.2, 0) is 0 Å². The molecule has 0 bridgehead atoms. The van der Waals surface area contributed by atoms with Crippen molar-refractivity contribution in [3.8, 4) is 0 Å². The summed E-state index contributed by atoms with van der Waals surface area (Å²) in [7, 11) is 0. The van der Waals surface area contributed by atoms with E-state index in [1.54, 1.807) is 0 Å². The molecule has 2 heteroatoms. The molecular formula is C13H17NS. The number of thiazole rings is 1. The van der Waals surface area contributed by atoms with E-state index in [-0.39, 0.29) is 0 Å². The number of hydrogen-bond donors (Lipinski definition) is 0. The molecule has 2 rings (SSSR count). The largest absolute Gasteiger partial charge is 0.241 e. The summed E-state index contributed by atoms with van der Waals surface area (Å²) < 4.78 is 1.32. The van der Waals surface area contributed by atoms with Crippen LogP contribution in [0.15, 0.2) is 24.3 Å². The maximum atomic E-state index is 4.72.